The fourth-order valence-corrected chi connectivity index (χ4v) is 4.50. The summed E-state index contributed by atoms with van der Waals surface area (Å²) < 4.78 is 37.6. The summed E-state index contributed by atoms with van der Waals surface area (Å²) >= 11 is 0. The molecule has 2 heterocycles. The second-order valence-corrected chi connectivity index (χ2v) is 8.89. The van der Waals surface area contributed by atoms with E-state index in [1.807, 2.05) is 0 Å². The van der Waals surface area contributed by atoms with Gasteiger partial charge in [-0.05, 0) is 24.6 Å². The maximum absolute atomic E-state index is 14.6. The summed E-state index contributed by atoms with van der Waals surface area (Å²) in [6.45, 7) is 0.113. The van der Waals surface area contributed by atoms with Crippen molar-refractivity contribution >= 4 is 33.4 Å². The van der Waals surface area contributed by atoms with Gasteiger partial charge in [-0.2, -0.15) is 0 Å². The highest BCUT2D eigenvalue weighted by molar-refractivity contribution is 7.89. The van der Waals surface area contributed by atoms with E-state index in [1.165, 1.54) is 17.0 Å². The summed E-state index contributed by atoms with van der Waals surface area (Å²) in [5.41, 5.74) is 1.70. The Labute approximate surface area is 177 Å². The number of nitrogens with zero attached hydrogens (tertiary/aromatic N) is 1. The quantitative estimate of drug-likeness (QED) is 0.582. The average Bonchev–Trinajstić information content (AvgIpc) is 3.03. The molecule has 4 rings (SSSR count). The molecule has 9 nitrogen and oxygen atoms in total. The van der Waals surface area contributed by atoms with Crippen LogP contribution >= 0.6 is 0 Å². The van der Waals surface area contributed by atoms with E-state index in [0.29, 0.717) is 16.8 Å². The third-order valence-electron chi connectivity index (χ3n) is 5.40. The van der Waals surface area contributed by atoms with Gasteiger partial charge in [0.1, 0.15) is 16.8 Å². The third kappa shape index (κ3) is 3.89. The zero-order valence-electron chi connectivity index (χ0n) is 16.2. The molecule has 2 aliphatic rings. The van der Waals surface area contributed by atoms with Crippen LogP contribution in [0.25, 0.3) is 0 Å². The van der Waals surface area contributed by atoms with Crippen LogP contribution in [0.2, 0.25) is 0 Å². The van der Waals surface area contributed by atoms with E-state index >= 15 is 0 Å². The number of carbonyl (C=O) groups is 3. The first-order chi connectivity index (χ1) is 14.7. The lowest BCUT2D eigenvalue weighted by atomic mass is 10.0. The van der Waals surface area contributed by atoms with E-state index in [0.717, 1.165) is 6.07 Å². The van der Waals surface area contributed by atoms with E-state index in [4.69, 9.17) is 5.14 Å². The average molecular weight is 446 g/mol. The maximum atomic E-state index is 14.6. The van der Waals surface area contributed by atoms with Crippen molar-refractivity contribution in [3.8, 4) is 0 Å². The topological polar surface area (TPSA) is 139 Å². The molecule has 0 radical (unpaired) electrons. The standard InChI is InChI=1S/C20H19FN4O5S/c21-18-11(3-1-6-16(18)31(22,29)30)9-23-14-5-2-4-12-13(14)10-25(20(12)28)15-7-8-17(26)24-19(15)27/h1-6,15,23H,7-10H2,(H2,22,29,30)(H,24,26,27). The molecular formula is C20H19FN4O5S. The minimum absolute atomic E-state index is 0.0434. The number of carbonyl (C=O) groups excluding carboxylic acids is 3. The van der Waals surface area contributed by atoms with Gasteiger partial charge in [-0.3, -0.25) is 19.7 Å². The zero-order valence-corrected chi connectivity index (χ0v) is 17.0. The van der Waals surface area contributed by atoms with Crippen LogP contribution in [0.15, 0.2) is 41.3 Å². The molecule has 2 aliphatic heterocycles. The Kier molecular flexibility index (Phi) is 5.23. The van der Waals surface area contributed by atoms with E-state index < -0.39 is 32.7 Å². The van der Waals surface area contributed by atoms with E-state index in [-0.39, 0.29) is 43.3 Å². The van der Waals surface area contributed by atoms with Gasteiger partial charge in [0.15, 0.2) is 0 Å². The van der Waals surface area contributed by atoms with Crippen LogP contribution in [-0.4, -0.2) is 37.1 Å². The van der Waals surface area contributed by atoms with Crippen LogP contribution in [-0.2, 0) is 32.7 Å². The van der Waals surface area contributed by atoms with Gasteiger partial charge in [-0.25, -0.2) is 17.9 Å². The first-order valence-corrected chi connectivity index (χ1v) is 11.0. The molecule has 1 fully saturated rings. The number of nitrogens with one attached hydrogen (secondary N) is 2. The van der Waals surface area contributed by atoms with Crippen LogP contribution in [0.4, 0.5) is 10.1 Å². The molecule has 1 atom stereocenters. The van der Waals surface area contributed by atoms with Crippen molar-refractivity contribution in [1.82, 2.24) is 10.2 Å². The number of imide groups is 1. The predicted octanol–water partition coefficient (Wildman–Crippen LogP) is 0.846. The van der Waals surface area contributed by atoms with Crippen molar-refractivity contribution in [2.24, 2.45) is 5.14 Å². The molecule has 0 bridgehead atoms. The summed E-state index contributed by atoms with van der Waals surface area (Å²) in [4.78, 5) is 37.3. The van der Waals surface area contributed by atoms with Crippen molar-refractivity contribution in [1.29, 1.82) is 0 Å². The van der Waals surface area contributed by atoms with Crippen molar-refractivity contribution in [2.45, 2.75) is 36.9 Å². The molecule has 1 saturated heterocycles. The highest BCUT2D eigenvalue weighted by Crippen LogP contribution is 2.32. The number of piperidine rings is 1. The number of hydrogen-bond acceptors (Lipinski definition) is 6. The Hall–Kier alpha value is -3.31. The van der Waals surface area contributed by atoms with Gasteiger partial charge in [0, 0.05) is 41.9 Å². The van der Waals surface area contributed by atoms with Crippen LogP contribution < -0.4 is 15.8 Å². The first kappa shape index (κ1) is 20.9. The van der Waals surface area contributed by atoms with Crippen LogP contribution in [0.1, 0.15) is 34.3 Å². The lowest BCUT2D eigenvalue weighted by Crippen LogP contribution is -2.52. The fraction of sp³-hybridized carbons (Fsp3) is 0.250. The summed E-state index contributed by atoms with van der Waals surface area (Å²) in [5.74, 6) is -2.13. The molecule has 31 heavy (non-hydrogen) atoms. The summed E-state index contributed by atoms with van der Waals surface area (Å²) in [6, 6.07) is 8.17. The number of fused-ring (bicyclic) bond motifs is 1. The minimum atomic E-state index is -4.20. The van der Waals surface area contributed by atoms with Crippen LogP contribution in [0, 0.1) is 5.82 Å². The number of hydrogen-bond donors (Lipinski definition) is 3. The van der Waals surface area contributed by atoms with Gasteiger partial charge in [0.25, 0.3) is 5.91 Å². The van der Waals surface area contributed by atoms with Crippen molar-refractivity contribution < 1.29 is 27.2 Å². The highest BCUT2D eigenvalue weighted by Gasteiger charge is 2.39. The molecule has 3 amide bonds. The predicted molar refractivity (Wildman–Crippen MR) is 108 cm³/mol. The number of sulfonamides is 1. The lowest BCUT2D eigenvalue weighted by Gasteiger charge is -2.29. The first-order valence-electron chi connectivity index (χ1n) is 9.47. The molecule has 0 spiro atoms. The number of primary sulfonamides is 1. The Morgan fingerprint density at radius 3 is 2.61 bits per heavy atom. The van der Waals surface area contributed by atoms with Gasteiger partial charge in [-0.15, -0.1) is 0 Å². The molecule has 162 valence electrons. The minimum Gasteiger partial charge on any atom is -0.381 e. The SMILES string of the molecule is NS(=O)(=O)c1cccc(CNc2cccc3c2CN(C2CCC(=O)NC2=O)C3=O)c1F. The summed E-state index contributed by atoms with van der Waals surface area (Å²) in [7, 11) is -4.20. The third-order valence-corrected chi connectivity index (χ3v) is 6.33. The Morgan fingerprint density at radius 1 is 1.16 bits per heavy atom. The molecule has 4 N–H and O–H groups in total. The van der Waals surface area contributed by atoms with Crippen LogP contribution in [0.3, 0.4) is 0 Å². The molecule has 11 heteroatoms. The van der Waals surface area contributed by atoms with Crippen LogP contribution in [0.5, 0.6) is 0 Å². The van der Waals surface area contributed by atoms with E-state index in [2.05, 4.69) is 10.6 Å². The van der Waals surface area contributed by atoms with Gasteiger partial charge in [0.05, 0.1) is 0 Å². The van der Waals surface area contributed by atoms with Gasteiger partial charge in [-0.1, -0.05) is 18.2 Å². The number of amides is 3. The second-order valence-electron chi connectivity index (χ2n) is 7.36. The van der Waals surface area contributed by atoms with Gasteiger partial charge >= 0.3 is 0 Å². The number of rotatable bonds is 5. The molecular weight excluding hydrogens is 427 g/mol. The number of nitrogens with two attached hydrogens (primary N) is 1. The normalized spacial score (nSPS) is 18.7. The Morgan fingerprint density at radius 2 is 1.90 bits per heavy atom. The number of halogens is 1. The van der Waals surface area contributed by atoms with Crippen molar-refractivity contribution in [3.05, 3.63) is 58.9 Å². The summed E-state index contributed by atoms with van der Waals surface area (Å²) in [6.07, 6.45) is 0.403. The van der Waals surface area contributed by atoms with Crippen molar-refractivity contribution in [3.63, 3.8) is 0 Å². The molecule has 0 aliphatic carbocycles. The largest absolute Gasteiger partial charge is 0.381 e. The fourth-order valence-electron chi connectivity index (χ4n) is 3.85. The molecule has 1 unspecified atom stereocenters. The molecule has 2 aromatic carbocycles. The second kappa shape index (κ2) is 7.75. The molecule has 0 saturated carbocycles. The smallest absolute Gasteiger partial charge is 0.255 e. The van der Waals surface area contributed by atoms with Crippen molar-refractivity contribution in [2.75, 3.05) is 5.32 Å². The number of anilines is 1. The Balaban J connectivity index is 1.56. The Bertz CT molecular complexity index is 1210. The lowest BCUT2D eigenvalue weighted by molar-refractivity contribution is -0.136. The van der Waals surface area contributed by atoms with E-state index in [1.54, 1.807) is 18.2 Å². The van der Waals surface area contributed by atoms with Gasteiger partial charge < -0.3 is 10.2 Å². The zero-order chi connectivity index (χ0) is 22.3. The highest BCUT2D eigenvalue weighted by atomic mass is 32.2. The van der Waals surface area contributed by atoms with E-state index in [9.17, 15) is 27.2 Å². The number of benzene rings is 2. The molecule has 2 aromatic rings. The maximum Gasteiger partial charge on any atom is 0.255 e. The summed E-state index contributed by atoms with van der Waals surface area (Å²) in [5, 5.41) is 10.3. The molecule has 0 aromatic heterocycles. The van der Waals surface area contributed by atoms with Gasteiger partial charge in [0.2, 0.25) is 21.8 Å². The monoisotopic (exact) mass is 446 g/mol.